The van der Waals surface area contributed by atoms with E-state index in [4.69, 9.17) is 0 Å². The third kappa shape index (κ3) is 5.01. The van der Waals surface area contributed by atoms with Crippen molar-refractivity contribution >= 4 is 15.7 Å². The van der Waals surface area contributed by atoms with Gasteiger partial charge in [0.15, 0.2) is 0 Å². The summed E-state index contributed by atoms with van der Waals surface area (Å²) in [5, 5.41) is 0. The van der Waals surface area contributed by atoms with Crippen LogP contribution in [0.4, 0.5) is 18.9 Å². The number of alkyl halides is 3. The van der Waals surface area contributed by atoms with E-state index in [0.717, 1.165) is 23.4 Å². The van der Waals surface area contributed by atoms with E-state index in [-0.39, 0.29) is 11.4 Å². The van der Waals surface area contributed by atoms with E-state index < -0.39 is 27.8 Å². The van der Waals surface area contributed by atoms with Gasteiger partial charge in [-0.2, -0.15) is 17.5 Å². The molecule has 0 spiro atoms. The third-order valence-electron chi connectivity index (χ3n) is 4.14. The molecule has 0 bridgehead atoms. The molecule has 0 saturated heterocycles. The van der Waals surface area contributed by atoms with Crippen LogP contribution in [0.5, 0.6) is 0 Å². The fraction of sp³-hybridized carbons (Fsp3) is 0.368. The van der Waals surface area contributed by atoms with Crippen LogP contribution in [-0.4, -0.2) is 32.9 Å². The molecular weight excluding hydrogens is 377 g/mol. The van der Waals surface area contributed by atoms with Crippen LogP contribution in [0, 0.1) is 0 Å². The van der Waals surface area contributed by atoms with Crippen molar-refractivity contribution in [2.45, 2.75) is 37.5 Å². The quantitative estimate of drug-likeness (QED) is 0.723. The molecule has 4 nitrogen and oxygen atoms in total. The molecule has 0 aliphatic heterocycles. The maximum atomic E-state index is 13.0. The second-order valence-corrected chi connectivity index (χ2v) is 8.62. The van der Waals surface area contributed by atoms with E-state index in [0.29, 0.717) is 6.07 Å². The smallest absolute Gasteiger partial charge is 0.378 e. The Morgan fingerprint density at radius 1 is 1.00 bits per heavy atom. The van der Waals surface area contributed by atoms with Crippen molar-refractivity contribution in [2.24, 2.45) is 0 Å². The number of nitrogens with zero attached hydrogens (tertiary/aromatic N) is 2. The van der Waals surface area contributed by atoms with E-state index in [1.54, 1.807) is 13.8 Å². The Morgan fingerprint density at radius 3 is 2.07 bits per heavy atom. The van der Waals surface area contributed by atoms with Crippen LogP contribution in [0.1, 0.15) is 25.0 Å². The molecule has 0 aliphatic carbocycles. The molecule has 0 aromatic heterocycles. The van der Waals surface area contributed by atoms with Crippen LogP contribution in [0.25, 0.3) is 0 Å². The fourth-order valence-corrected chi connectivity index (χ4v) is 4.26. The minimum Gasteiger partial charge on any atom is -0.378 e. The first-order valence-corrected chi connectivity index (χ1v) is 9.82. The molecule has 2 aromatic carbocycles. The van der Waals surface area contributed by atoms with Crippen LogP contribution < -0.4 is 4.90 Å². The van der Waals surface area contributed by atoms with Crippen LogP contribution in [0.2, 0.25) is 0 Å². The molecule has 0 unspecified atom stereocenters. The van der Waals surface area contributed by atoms with Crippen molar-refractivity contribution in [3.8, 4) is 0 Å². The Hall–Kier alpha value is -2.06. The second-order valence-electron chi connectivity index (χ2n) is 6.73. The summed E-state index contributed by atoms with van der Waals surface area (Å²) in [4.78, 5) is 1.56. The number of halogens is 3. The molecule has 0 aliphatic rings. The monoisotopic (exact) mass is 400 g/mol. The molecule has 2 aromatic rings. The summed E-state index contributed by atoms with van der Waals surface area (Å²) in [6.07, 6.45) is -4.60. The summed E-state index contributed by atoms with van der Waals surface area (Å²) in [5.74, 6) is 0. The number of sulfonamides is 1. The minimum atomic E-state index is -4.60. The van der Waals surface area contributed by atoms with E-state index >= 15 is 0 Å². The molecule has 27 heavy (non-hydrogen) atoms. The molecule has 148 valence electrons. The van der Waals surface area contributed by atoms with Gasteiger partial charge in [-0.15, -0.1) is 0 Å². The Morgan fingerprint density at radius 2 is 1.59 bits per heavy atom. The Kier molecular flexibility index (Phi) is 6.21. The standard InChI is InChI=1S/C19H23F3N2O2S/c1-14(2)24(13-15-8-10-17(11-9-15)23(3)4)27(25,26)18-7-5-6-16(12-18)19(20,21)22/h5-12,14H,13H2,1-4H3. The van der Waals surface area contributed by atoms with Gasteiger partial charge in [0.05, 0.1) is 10.5 Å². The minimum absolute atomic E-state index is 0.0734. The lowest BCUT2D eigenvalue weighted by Gasteiger charge is -2.26. The first kappa shape index (κ1) is 21.2. The van der Waals surface area contributed by atoms with E-state index in [1.165, 1.54) is 10.4 Å². The summed E-state index contributed by atoms with van der Waals surface area (Å²) in [6.45, 7) is 3.46. The lowest BCUT2D eigenvalue weighted by Crippen LogP contribution is -2.36. The number of anilines is 1. The zero-order chi connectivity index (χ0) is 20.4. The van der Waals surface area contributed by atoms with Gasteiger partial charge in [-0.25, -0.2) is 8.42 Å². The maximum absolute atomic E-state index is 13.0. The Balaban J connectivity index is 2.37. The molecule has 0 radical (unpaired) electrons. The zero-order valence-electron chi connectivity index (χ0n) is 15.7. The van der Waals surface area contributed by atoms with Gasteiger partial charge in [-0.3, -0.25) is 0 Å². The predicted octanol–water partition coefficient (Wildman–Crippen LogP) is 4.37. The molecule has 8 heteroatoms. The van der Waals surface area contributed by atoms with Gasteiger partial charge in [-0.05, 0) is 49.7 Å². The van der Waals surface area contributed by atoms with Crippen molar-refractivity contribution in [1.29, 1.82) is 0 Å². The molecule has 0 saturated carbocycles. The van der Waals surface area contributed by atoms with Gasteiger partial charge in [0, 0.05) is 32.4 Å². The first-order chi connectivity index (χ1) is 12.4. The van der Waals surface area contributed by atoms with Gasteiger partial charge in [0.1, 0.15) is 0 Å². The van der Waals surface area contributed by atoms with Gasteiger partial charge in [-0.1, -0.05) is 18.2 Å². The van der Waals surface area contributed by atoms with Gasteiger partial charge >= 0.3 is 6.18 Å². The van der Waals surface area contributed by atoms with E-state index in [2.05, 4.69) is 0 Å². The number of benzene rings is 2. The normalized spacial score (nSPS) is 12.6. The van der Waals surface area contributed by atoms with Crippen LogP contribution in [-0.2, 0) is 22.7 Å². The zero-order valence-corrected chi connectivity index (χ0v) is 16.5. The topological polar surface area (TPSA) is 40.6 Å². The SMILES string of the molecule is CC(C)N(Cc1ccc(N(C)C)cc1)S(=O)(=O)c1cccc(C(F)(F)F)c1. The average Bonchev–Trinajstić information content (AvgIpc) is 2.59. The summed E-state index contributed by atoms with van der Waals surface area (Å²) in [7, 11) is -0.292. The van der Waals surface area contributed by atoms with Crippen molar-refractivity contribution < 1.29 is 21.6 Å². The Bertz CT molecular complexity index is 877. The first-order valence-electron chi connectivity index (χ1n) is 8.38. The average molecular weight is 400 g/mol. The van der Waals surface area contributed by atoms with Gasteiger partial charge < -0.3 is 4.90 Å². The molecule has 0 N–H and O–H groups in total. The van der Waals surface area contributed by atoms with Gasteiger partial charge in [0.2, 0.25) is 10.0 Å². The van der Waals surface area contributed by atoms with Crippen LogP contribution in [0.3, 0.4) is 0 Å². The highest BCUT2D eigenvalue weighted by atomic mass is 32.2. The molecule has 0 fully saturated rings. The van der Waals surface area contributed by atoms with Crippen molar-refractivity contribution in [3.63, 3.8) is 0 Å². The summed E-state index contributed by atoms with van der Waals surface area (Å²) >= 11 is 0. The molecule has 2 rings (SSSR count). The van der Waals surface area contributed by atoms with Crippen LogP contribution >= 0.6 is 0 Å². The fourth-order valence-electron chi connectivity index (χ4n) is 2.59. The maximum Gasteiger partial charge on any atom is 0.416 e. The molecule has 0 atom stereocenters. The summed E-state index contributed by atoms with van der Waals surface area (Å²) < 4.78 is 66.0. The van der Waals surface area contributed by atoms with Crippen LogP contribution in [0.15, 0.2) is 53.4 Å². The second kappa shape index (κ2) is 7.90. The van der Waals surface area contributed by atoms with Gasteiger partial charge in [0.25, 0.3) is 0 Å². The van der Waals surface area contributed by atoms with Crippen molar-refractivity contribution in [3.05, 3.63) is 59.7 Å². The number of rotatable bonds is 6. The third-order valence-corrected chi connectivity index (χ3v) is 6.15. The van der Waals surface area contributed by atoms with E-state index in [9.17, 15) is 21.6 Å². The lowest BCUT2D eigenvalue weighted by molar-refractivity contribution is -0.137. The lowest BCUT2D eigenvalue weighted by atomic mass is 10.2. The highest BCUT2D eigenvalue weighted by molar-refractivity contribution is 7.89. The number of hydrogen-bond acceptors (Lipinski definition) is 3. The van der Waals surface area contributed by atoms with Crippen molar-refractivity contribution in [2.75, 3.05) is 19.0 Å². The van der Waals surface area contributed by atoms with Crippen molar-refractivity contribution in [1.82, 2.24) is 4.31 Å². The predicted molar refractivity (Wildman–Crippen MR) is 100 cm³/mol. The highest BCUT2D eigenvalue weighted by Crippen LogP contribution is 2.31. The summed E-state index contributed by atoms with van der Waals surface area (Å²) in [6, 6.07) is 10.8. The largest absolute Gasteiger partial charge is 0.416 e. The highest BCUT2D eigenvalue weighted by Gasteiger charge is 2.33. The number of hydrogen-bond donors (Lipinski definition) is 0. The molecular formula is C19H23F3N2O2S. The van der Waals surface area contributed by atoms with E-state index in [1.807, 2.05) is 43.3 Å². The molecule has 0 amide bonds. The summed E-state index contributed by atoms with van der Waals surface area (Å²) in [5.41, 5.74) is 0.739. The molecule has 0 heterocycles. The Labute approximate surface area is 158 Å².